The van der Waals surface area contributed by atoms with Crippen LogP contribution in [0.15, 0.2) is 12.3 Å². The van der Waals surface area contributed by atoms with E-state index in [4.69, 9.17) is 5.73 Å². The molecular formula is C11H18N4S. The van der Waals surface area contributed by atoms with Crippen molar-refractivity contribution in [1.29, 1.82) is 0 Å². The van der Waals surface area contributed by atoms with Gasteiger partial charge in [-0.05, 0) is 25.2 Å². The van der Waals surface area contributed by atoms with Crippen molar-refractivity contribution in [2.45, 2.75) is 30.4 Å². The normalized spacial score (nSPS) is 18.6. The van der Waals surface area contributed by atoms with E-state index >= 15 is 0 Å². The summed E-state index contributed by atoms with van der Waals surface area (Å²) in [6.07, 6.45) is 9.15. The van der Waals surface area contributed by atoms with Crippen LogP contribution in [0.4, 0.5) is 11.8 Å². The van der Waals surface area contributed by atoms with Crippen molar-refractivity contribution in [2.75, 3.05) is 23.9 Å². The Balaban J connectivity index is 1.95. The Bertz CT molecular complexity index is 350. The van der Waals surface area contributed by atoms with Crippen LogP contribution in [0.25, 0.3) is 0 Å². The number of nitrogens with one attached hydrogen (secondary N) is 1. The predicted molar refractivity (Wildman–Crippen MR) is 69.6 cm³/mol. The summed E-state index contributed by atoms with van der Waals surface area (Å²) in [6, 6.07) is 1.86. The van der Waals surface area contributed by atoms with Gasteiger partial charge in [-0.2, -0.15) is 16.7 Å². The van der Waals surface area contributed by atoms with E-state index in [-0.39, 0.29) is 0 Å². The highest BCUT2D eigenvalue weighted by Crippen LogP contribution is 2.40. The summed E-state index contributed by atoms with van der Waals surface area (Å²) >= 11 is 1.97. The van der Waals surface area contributed by atoms with Crippen LogP contribution in [-0.4, -0.2) is 27.5 Å². The Morgan fingerprint density at radius 2 is 2.25 bits per heavy atom. The molecule has 1 aliphatic rings. The van der Waals surface area contributed by atoms with Gasteiger partial charge in [-0.1, -0.05) is 12.8 Å². The first-order valence-electron chi connectivity index (χ1n) is 5.62. The van der Waals surface area contributed by atoms with Crippen molar-refractivity contribution in [3.05, 3.63) is 12.3 Å². The van der Waals surface area contributed by atoms with Gasteiger partial charge in [0.1, 0.15) is 5.82 Å². The van der Waals surface area contributed by atoms with Gasteiger partial charge in [0, 0.05) is 17.5 Å². The first-order chi connectivity index (χ1) is 7.74. The molecular weight excluding hydrogens is 220 g/mol. The summed E-state index contributed by atoms with van der Waals surface area (Å²) in [5.41, 5.74) is 5.54. The van der Waals surface area contributed by atoms with Gasteiger partial charge in [0.05, 0.1) is 0 Å². The van der Waals surface area contributed by atoms with Crippen molar-refractivity contribution in [3.8, 4) is 0 Å². The van der Waals surface area contributed by atoms with Crippen LogP contribution < -0.4 is 11.1 Å². The number of rotatable bonds is 4. The minimum Gasteiger partial charge on any atom is -0.369 e. The monoisotopic (exact) mass is 238 g/mol. The van der Waals surface area contributed by atoms with Crippen molar-refractivity contribution in [2.24, 2.45) is 0 Å². The van der Waals surface area contributed by atoms with Crippen molar-refractivity contribution in [1.82, 2.24) is 9.97 Å². The molecule has 2 rings (SSSR count). The lowest BCUT2D eigenvalue weighted by Crippen LogP contribution is -2.30. The Hall–Kier alpha value is -0.970. The quantitative estimate of drug-likeness (QED) is 0.841. The first kappa shape index (κ1) is 11.5. The molecule has 1 aromatic rings. The van der Waals surface area contributed by atoms with Crippen LogP contribution in [0.1, 0.15) is 25.7 Å². The lowest BCUT2D eigenvalue weighted by atomic mass is 10.1. The van der Waals surface area contributed by atoms with Crippen LogP contribution >= 0.6 is 11.8 Å². The molecule has 1 fully saturated rings. The molecule has 1 aromatic heterocycles. The number of anilines is 2. The van der Waals surface area contributed by atoms with Crippen molar-refractivity contribution < 1.29 is 0 Å². The first-order valence-corrected chi connectivity index (χ1v) is 6.84. The van der Waals surface area contributed by atoms with Crippen LogP contribution in [0, 0.1) is 0 Å². The fourth-order valence-corrected chi connectivity index (χ4v) is 3.11. The number of aromatic nitrogens is 2. The molecule has 0 saturated heterocycles. The van der Waals surface area contributed by atoms with Gasteiger partial charge in [-0.25, -0.2) is 4.98 Å². The minimum absolute atomic E-state index is 0.328. The maximum absolute atomic E-state index is 5.54. The SMILES string of the molecule is CSC1(CNc2ccnc(N)n2)CCCC1. The van der Waals surface area contributed by atoms with E-state index in [1.807, 2.05) is 17.8 Å². The largest absolute Gasteiger partial charge is 0.369 e. The maximum Gasteiger partial charge on any atom is 0.221 e. The fraction of sp³-hybridized carbons (Fsp3) is 0.636. The maximum atomic E-state index is 5.54. The Morgan fingerprint density at radius 1 is 1.50 bits per heavy atom. The lowest BCUT2D eigenvalue weighted by molar-refractivity contribution is 0.638. The van der Waals surface area contributed by atoms with Crippen molar-refractivity contribution >= 4 is 23.5 Å². The van der Waals surface area contributed by atoms with Gasteiger partial charge in [0.15, 0.2) is 0 Å². The Labute approximate surface area is 100 Å². The highest BCUT2D eigenvalue weighted by Gasteiger charge is 2.32. The van der Waals surface area contributed by atoms with Gasteiger partial charge >= 0.3 is 0 Å². The molecule has 5 heteroatoms. The zero-order valence-corrected chi connectivity index (χ0v) is 10.4. The third-order valence-electron chi connectivity index (χ3n) is 3.21. The molecule has 3 N–H and O–H groups in total. The van der Waals surface area contributed by atoms with E-state index in [2.05, 4.69) is 21.5 Å². The number of thioether (sulfide) groups is 1. The number of hydrogen-bond donors (Lipinski definition) is 2. The molecule has 0 atom stereocenters. The second-order valence-electron chi connectivity index (χ2n) is 4.25. The third-order valence-corrected chi connectivity index (χ3v) is 4.63. The molecule has 0 aliphatic heterocycles. The highest BCUT2D eigenvalue weighted by atomic mass is 32.2. The van der Waals surface area contributed by atoms with E-state index in [9.17, 15) is 0 Å². The van der Waals surface area contributed by atoms with Crippen molar-refractivity contribution in [3.63, 3.8) is 0 Å². The zero-order valence-electron chi connectivity index (χ0n) is 9.57. The molecule has 0 aromatic carbocycles. The van der Waals surface area contributed by atoms with Gasteiger partial charge in [0.25, 0.3) is 0 Å². The summed E-state index contributed by atoms with van der Waals surface area (Å²) in [4.78, 5) is 8.02. The molecule has 0 radical (unpaired) electrons. The second kappa shape index (κ2) is 4.91. The van der Waals surface area contributed by atoms with E-state index in [0.717, 1.165) is 12.4 Å². The van der Waals surface area contributed by atoms with E-state index in [1.54, 1.807) is 6.20 Å². The molecule has 0 spiro atoms. The number of nitrogens with zero attached hydrogens (tertiary/aromatic N) is 2. The molecule has 1 aliphatic carbocycles. The average Bonchev–Trinajstić information content (AvgIpc) is 2.76. The van der Waals surface area contributed by atoms with Gasteiger partial charge in [-0.3, -0.25) is 0 Å². The third kappa shape index (κ3) is 2.58. The highest BCUT2D eigenvalue weighted by molar-refractivity contribution is 8.00. The van der Waals surface area contributed by atoms with Crippen LogP contribution in [0.2, 0.25) is 0 Å². The summed E-state index contributed by atoms with van der Waals surface area (Å²) < 4.78 is 0.389. The molecule has 88 valence electrons. The van der Waals surface area contributed by atoms with E-state index < -0.39 is 0 Å². The van der Waals surface area contributed by atoms with E-state index in [1.165, 1.54) is 25.7 Å². The van der Waals surface area contributed by atoms with Crippen LogP contribution in [-0.2, 0) is 0 Å². The minimum atomic E-state index is 0.328. The van der Waals surface area contributed by atoms with E-state index in [0.29, 0.717) is 10.7 Å². The standard InChI is InChI=1S/C11H18N4S/c1-16-11(5-2-3-6-11)8-14-9-4-7-13-10(12)15-9/h4,7H,2-3,5-6,8H2,1H3,(H3,12,13,14,15). The van der Waals surface area contributed by atoms with Gasteiger partial charge in [0.2, 0.25) is 5.95 Å². The fourth-order valence-electron chi connectivity index (χ4n) is 2.20. The molecule has 1 saturated carbocycles. The Morgan fingerprint density at radius 3 is 2.88 bits per heavy atom. The predicted octanol–water partition coefficient (Wildman–Crippen LogP) is 2.15. The molecule has 0 unspecified atom stereocenters. The number of hydrogen-bond acceptors (Lipinski definition) is 5. The molecule has 16 heavy (non-hydrogen) atoms. The smallest absolute Gasteiger partial charge is 0.221 e. The summed E-state index contributed by atoms with van der Waals surface area (Å²) in [5.74, 6) is 1.16. The van der Waals surface area contributed by atoms with Gasteiger partial charge < -0.3 is 11.1 Å². The van der Waals surface area contributed by atoms with Crippen LogP contribution in [0.5, 0.6) is 0 Å². The van der Waals surface area contributed by atoms with Crippen LogP contribution in [0.3, 0.4) is 0 Å². The molecule has 0 amide bonds. The van der Waals surface area contributed by atoms with Gasteiger partial charge in [-0.15, -0.1) is 0 Å². The molecule has 0 bridgehead atoms. The summed E-state index contributed by atoms with van der Waals surface area (Å²) in [7, 11) is 0. The molecule has 4 nitrogen and oxygen atoms in total. The number of nitrogens with two attached hydrogens (primary N) is 1. The Kier molecular flexibility index (Phi) is 3.53. The zero-order chi connectivity index (χ0) is 11.4. The lowest BCUT2D eigenvalue weighted by Gasteiger charge is -2.27. The molecule has 1 heterocycles. The number of nitrogen functional groups attached to an aromatic ring is 1. The topological polar surface area (TPSA) is 63.8 Å². The summed E-state index contributed by atoms with van der Waals surface area (Å²) in [6.45, 7) is 0.963. The second-order valence-corrected chi connectivity index (χ2v) is 5.52. The average molecular weight is 238 g/mol. The summed E-state index contributed by atoms with van der Waals surface area (Å²) in [5, 5.41) is 3.37.